The zero-order chi connectivity index (χ0) is 16.8. The molecule has 0 aromatic heterocycles. The zero-order valence-corrected chi connectivity index (χ0v) is 15.3. The van der Waals surface area contributed by atoms with Crippen LogP contribution in [-0.2, 0) is 10.5 Å². The van der Waals surface area contributed by atoms with Crippen molar-refractivity contribution in [3.63, 3.8) is 0 Å². The Hall–Kier alpha value is -1.45. The van der Waals surface area contributed by atoms with Gasteiger partial charge in [0.2, 0.25) is 5.91 Å². The minimum absolute atomic E-state index is 0.0354. The average molecular weight is 348 g/mol. The number of amides is 1. The van der Waals surface area contributed by atoms with E-state index in [0.29, 0.717) is 11.7 Å². The van der Waals surface area contributed by atoms with Crippen molar-refractivity contribution in [3.05, 3.63) is 64.2 Å². The fourth-order valence-electron chi connectivity index (χ4n) is 2.41. The molecule has 0 saturated heterocycles. The molecule has 0 radical (unpaired) electrons. The van der Waals surface area contributed by atoms with E-state index in [9.17, 15) is 4.79 Å². The Morgan fingerprint density at radius 2 is 1.96 bits per heavy atom. The number of halogens is 1. The molecular formula is C19H22ClNOS. The van der Waals surface area contributed by atoms with E-state index in [1.165, 1.54) is 5.56 Å². The van der Waals surface area contributed by atoms with Crippen molar-refractivity contribution in [3.8, 4) is 0 Å². The zero-order valence-electron chi connectivity index (χ0n) is 13.7. The van der Waals surface area contributed by atoms with Crippen LogP contribution in [0.4, 0.5) is 5.69 Å². The Morgan fingerprint density at radius 1 is 1.22 bits per heavy atom. The third-order valence-corrected chi connectivity index (χ3v) is 4.82. The molecule has 23 heavy (non-hydrogen) atoms. The lowest BCUT2D eigenvalue weighted by Crippen LogP contribution is -2.16. The van der Waals surface area contributed by atoms with Crippen LogP contribution in [0.25, 0.3) is 0 Å². The molecule has 0 saturated carbocycles. The summed E-state index contributed by atoms with van der Waals surface area (Å²) in [6.07, 6.45) is 0. The topological polar surface area (TPSA) is 29.1 Å². The predicted molar refractivity (Wildman–Crippen MR) is 102 cm³/mol. The summed E-state index contributed by atoms with van der Waals surface area (Å²) in [5.41, 5.74) is 4.37. The number of carbonyl (C=O) groups excluding carboxylic acids is 1. The molecule has 0 unspecified atom stereocenters. The van der Waals surface area contributed by atoms with Gasteiger partial charge in [0, 0.05) is 16.5 Å². The molecule has 0 fully saturated rings. The van der Waals surface area contributed by atoms with Crippen molar-refractivity contribution in [2.75, 3.05) is 11.1 Å². The van der Waals surface area contributed by atoms with Gasteiger partial charge in [0.25, 0.3) is 0 Å². The molecule has 4 heteroatoms. The molecule has 2 nitrogen and oxygen atoms in total. The Bertz CT molecular complexity index is 685. The van der Waals surface area contributed by atoms with Gasteiger partial charge in [-0.25, -0.2) is 0 Å². The molecule has 2 rings (SSSR count). The van der Waals surface area contributed by atoms with Gasteiger partial charge in [0.15, 0.2) is 0 Å². The van der Waals surface area contributed by atoms with E-state index in [2.05, 4.69) is 25.2 Å². The maximum atomic E-state index is 12.2. The summed E-state index contributed by atoms with van der Waals surface area (Å²) in [6.45, 7) is 6.30. The molecule has 0 heterocycles. The van der Waals surface area contributed by atoms with E-state index in [-0.39, 0.29) is 5.91 Å². The number of hydrogen-bond donors (Lipinski definition) is 1. The van der Waals surface area contributed by atoms with Crippen LogP contribution in [-0.4, -0.2) is 11.7 Å². The second kappa shape index (κ2) is 8.42. The quantitative estimate of drug-likeness (QED) is 0.732. The van der Waals surface area contributed by atoms with Crippen molar-refractivity contribution in [2.24, 2.45) is 0 Å². The number of rotatable bonds is 6. The highest BCUT2D eigenvalue weighted by molar-refractivity contribution is 7.99. The highest BCUT2D eigenvalue weighted by Gasteiger charge is 2.12. The Kier molecular flexibility index (Phi) is 6.55. The van der Waals surface area contributed by atoms with Gasteiger partial charge in [-0.3, -0.25) is 4.79 Å². The van der Waals surface area contributed by atoms with Crippen LogP contribution in [0, 0.1) is 6.92 Å². The molecule has 0 aliphatic heterocycles. The summed E-state index contributed by atoms with van der Waals surface area (Å²) < 4.78 is 0. The van der Waals surface area contributed by atoms with Gasteiger partial charge in [0.1, 0.15) is 0 Å². The first-order valence-corrected chi connectivity index (χ1v) is 9.22. The summed E-state index contributed by atoms with van der Waals surface area (Å²) in [5.74, 6) is 1.62. The lowest BCUT2D eigenvalue weighted by Gasteiger charge is -2.16. The van der Waals surface area contributed by atoms with Crippen molar-refractivity contribution >= 4 is 35.0 Å². The van der Waals surface area contributed by atoms with E-state index in [0.717, 1.165) is 27.6 Å². The predicted octanol–water partition coefficient (Wildman–Crippen LogP) is 5.64. The number of benzene rings is 2. The first-order chi connectivity index (χ1) is 11.0. The summed E-state index contributed by atoms with van der Waals surface area (Å²) in [6, 6.07) is 13.9. The van der Waals surface area contributed by atoms with Crippen molar-refractivity contribution in [1.29, 1.82) is 0 Å². The first kappa shape index (κ1) is 17.9. The minimum atomic E-state index is 0.0354. The van der Waals surface area contributed by atoms with Gasteiger partial charge in [-0.2, -0.15) is 0 Å². The van der Waals surface area contributed by atoms with E-state index in [1.54, 1.807) is 11.8 Å². The highest BCUT2D eigenvalue weighted by Crippen LogP contribution is 2.27. The third-order valence-electron chi connectivity index (χ3n) is 3.58. The van der Waals surface area contributed by atoms with Gasteiger partial charge in [-0.1, -0.05) is 55.8 Å². The smallest absolute Gasteiger partial charge is 0.234 e. The van der Waals surface area contributed by atoms with Crippen LogP contribution in [0.2, 0.25) is 5.02 Å². The van der Waals surface area contributed by atoms with Crippen LogP contribution in [0.15, 0.2) is 42.5 Å². The minimum Gasteiger partial charge on any atom is -0.325 e. The number of nitrogens with one attached hydrogen (secondary N) is 1. The number of para-hydroxylation sites is 1. The van der Waals surface area contributed by atoms with Crippen molar-refractivity contribution in [1.82, 2.24) is 0 Å². The molecule has 0 bridgehead atoms. The molecule has 0 spiro atoms. The molecule has 0 aliphatic carbocycles. The number of carbonyl (C=O) groups is 1. The van der Waals surface area contributed by atoms with Crippen LogP contribution in [0.1, 0.15) is 36.5 Å². The van der Waals surface area contributed by atoms with Gasteiger partial charge in [-0.15, -0.1) is 11.8 Å². The fraction of sp³-hybridized carbons (Fsp3) is 0.316. The third kappa shape index (κ3) is 5.29. The Balaban J connectivity index is 1.93. The van der Waals surface area contributed by atoms with Gasteiger partial charge >= 0.3 is 0 Å². The molecule has 0 atom stereocenters. The molecule has 1 N–H and O–H groups in total. The lowest BCUT2D eigenvalue weighted by molar-refractivity contribution is -0.113. The van der Waals surface area contributed by atoms with E-state index >= 15 is 0 Å². The van der Waals surface area contributed by atoms with Gasteiger partial charge < -0.3 is 5.32 Å². The highest BCUT2D eigenvalue weighted by atomic mass is 35.5. The van der Waals surface area contributed by atoms with Gasteiger partial charge in [0.05, 0.1) is 5.75 Å². The second-order valence-corrected chi connectivity index (χ2v) is 7.29. The standard InChI is InChI=1S/C19H22ClNOS/c1-13(2)17-9-4-6-14(3)19(17)21-18(22)12-23-11-15-7-5-8-16(20)10-15/h4-10,13H,11-12H2,1-3H3,(H,21,22). The van der Waals surface area contributed by atoms with Crippen molar-refractivity contribution < 1.29 is 4.79 Å². The van der Waals surface area contributed by atoms with Crippen LogP contribution in [0.3, 0.4) is 0 Å². The monoisotopic (exact) mass is 347 g/mol. The number of thioether (sulfide) groups is 1. The summed E-state index contributed by atoms with van der Waals surface area (Å²) in [5, 5.41) is 3.80. The van der Waals surface area contributed by atoms with E-state index in [1.807, 2.05) is 43.3 Å². The SMILES string of the molecule is Cc1cccc(C(C)C)c1NC(=O)CSCc1cccc(Cl)c1. The molecule has 2 aromatic carbocycles. The largest absolute Gasteiger partial charge is 0.325 e. The van der Waals surface area contributed by atoms with Crippen LogP contribution < -0.4 is 5.32 Å². The number of anilines is 1. The molecule has 2 aromatic rings. The van der Waals surface area contributed by atoms with Gasteiger partial charge in [-0.05, 0) is 41.7 Å². The normalized spacial score (nSPS) is 10.8. The number of hydrogen-bond acceptors (Lipinski definition) is 2. The molecule has 0 aliphatic rings. The lowest BCUT2D eigenvalue weighted by atomic mass is 9.98. The summed E-state index contributed by atoms with van der Waals surface area (Å²) in [4.78, 5) is 12.2. The Morgan fingerprint density at radius 3 is 2.65 bits per heavy atom. The average Bonchev–Trinajstić information content (AvgIpc) is 2.49. The fourth-order valence-corrected chi connectivity index (χ4v) is 3.39. The summed E-state index contributed by atoms with van der Waals surface area (Å²) >= 11 is 7.56. The Labute approximate surface area is 147 Å². The second-order valence-electron chi connectivity index (χ2n) is 5.86. The van der Waals surface area contributed by atoms with E-state index < -0.39 is 0 Å². The summed E-state index contributed by atoms with van der Waals surface area (Å²) in [7, 11) is 0. The molecule has 1 amide bonds. The van der Waals surface area contributed by atoms with Crippen LogP contribution >= 0.6 is 23.4 Å². The van der Waals surface area contributed by atoms with Crippen molar-refractivity contribution in [2.45, 2.75) is 32.4 Å². The van der Waals surface area contributed by atoms with E-state index in [4.69, 9.17) is 11.6 Å². The number of aryl methyl sites for hydroxylation is 1. The maximum absolute atomic E-state index is 12.2. The molecule has 122 valence electrons. The first-order valence-electron chi connectivity index (χ1n) is 7.69. The van der Waals surface area contributed by atoms with Crippen LogP contribution in [0.5, 0.6) is 0 Å². The maximum Gasteiger partial charge on any atom is 0.234 e. The molecular weight excluding hydrogens is 326 g/mol.